The SMILES string of the molecule is COc1ccc(OC)c([C@H]2CCN(C(=O)Cc3c(C)nc(C)[nH]c3=O)C2)c1. The molecule has 0 unspecified atom stereocenters. The smallest absolute Gasteiger partial charge is 0.254 e. The monoisotopic (exact) mass is 371 g/mol. The van der Waals surface area contributed by atoms with Gasteiger partial charge in [0.05, 0.1) is 20.6 Å². The van der Waals surface area contributed by atoms with Gasteiger partial charge in [-0.25, -0.2) is 4.98 Å². The van der Waals surface area contributed by atoms with Crippen molar-refractivity contribution >= 4 is 5.91 Å². The van der Waals surface area contributed by atoms with Crippen molar-refractivity contribution in [2.75, 3.05) is 27.3 Å². The zero-order chi connectivity index (χ0) is 19.6. The second kappa shape index (κ2) is 7.82. The number of nitrogens with zero attached hydrogens (tertiary/aromatic N) is 2. The lowest BCUT2D eigenvalue weighted by molar-refractivity contribution is -0.129. The fourth-order valence-corrected chi connectivity index (χ4v) is 3.62. The topological polar surface area (TPSA) is 84.5 Å². The zero-order valence-corrected chi connectivity index (χ0v) is 16.2. The van der Waals surface area contributed by atoms with E-state index in [1.54, 1.807) is 28.1 Å². The second-order valence-corrected chi connectivity index (χ2v) is 6.83. The largest absolute Gasteiger partial charge is 0.497 e. The van der Waals surface area contributed by atoms with Crippen LogP contribution in [0.5, 0.6) is 11.5 Å². The minimum Gasteiger partial charge on any atom is -0.497 e. The number of H-pyrrole nitrogens is 1. The Balaban J connectivity index is 1.75. The first-order valence-corrected chi connectivity index (χ1v) is 8.99. The Morgan fingerprint density at radius 3 is 2.74 bits per heavy atom. The van der Waals surface area contributed by atoms with Crippen LogP contribution in [-0.4, -0.2) is 48.1 Å². The Hall–Kier alpha value is -2.83. The molecule has 1 aliphatic rings. The molecule has 1 amide bonds. The van der Waals surface area contributed by atoms with E-state index in [9.17, 15) is 9.59 Å². The molecule has 0 radical (unpaired) electrons. The maximum Gasteiger partial charge on any atom is 0.254 e. The maximum atomic E-state index is 12.7. The average Bonchev–Trinajstić information content (AvgIpc) is 3.14. The summed E-state index contributed by atoms with van der Waals surface area (Å²) >= 11 is 0. The van der Waals surface area contributed by atoms with Gasteiger partial charge in [-0.3, -0.25) is 9.59 Å². The van der Waals surface area contributed by atoms with Crippen molar-refractivity contribution in [1.29, 1.82) is 0 Å². The molecular weight excluding hydrogens is 346 g/mol. The summed E-state index contributed by atoms with van der Waals surface area (Å²) in [5, 5.41) is 0. The molecule has 2 aromatic rings. The third kappa shape index (κ3) is 3.97. The van der Waals surface area contributed by atoms with Gasteiger partial charge in [0.2, 0.25) is 5.91 Å². The molecule has 1 N–H and O–H groups in total. The highest BCUT2D eigenvalue weighted by Crippen LogP contribution is 2.36. The van der Waals surface area contributed by atoms with E-state index in [-0.39, 0.29) is 23.8 Å². The number of nitrogens with one attached hydrogen (secondary N) is 1. The van der Waals surface area contributed by atoms with Crippen LogP contribution in [0.3, 0.4) is 0 Å². The molecule has 1 aromatic heterocycles. The summed E-state index contributed by atoms with van der Waals surface area (Å²) < 4.78 is 10.8. The second-order valence-electron chi connectivity index (χ2n) is 6.83. The van der Waals surface area contributed by atoms with Gasteiger partial charge in [0.15, 0.2) is 0 Å². The van der Waals surface area contributed by atoms with Crippen molar-refractivity contribution in [3.05, 3.63) is 51.2 Å². The standard InChI is InChI=1S/C20H25N3O4/c1-12-16(20(25)22-13(2)21-12)10-19(24)23-8-7-14(11-23)17-9-15(26-3)5-6-18(17)27-4/h5-6,9,14H,7-8,10-11H2,1-4H3,(H,21,22,25)/t14-/m0/s1. The lowest BCUT2D eigenvalue weighted by Crippen LogP contribution is -2.32. The van der Waals surface area contributed by atoms with Gasteiger partial charge in [0.25, 0.3) is 5.56 Å². The molecule has 2 heterocycles. The number of hydrogen-bond donors (Lipinski definition) is 1. The number of aromatic amines is 1. The zero-order valence-electron chi connectivity index (χ0n) is 16.2. The number of likely N-dealkylation sites (tertiary alicyclic amines) is 1. The number of benzene rings is 1. The average molecular weight is 371 g/mol. The lowest BCUT2D eigenvalue weighted by Gasteiger charge is -2.19. The number of amides is 1. The number of carbonyl (C=O) groups is 1. The van der Waals surface area contributed by atoms with Crippen LogP contribution in [-0.2, 0) is 11.2 Å². The van der Waals surface area contributed by atoms with Crippen LogP contribution in [0.2, 0.25) is 0 Å². The molecule has 7 heteroatoms. The lowest BCUT2D eigenvalue weighted by atomic mass is 9.97. The fourth-order valence-electron chi connectivity index (χ4n) is 3.62. The summed E-state index contributed by atoms with van der Waals surface area (Å²) in [5.74, 6) is 2.24. The number of aromatic nitrogens is 2. The predicted octanol–water partition coefficient (Wildman–Crippen LogP) is 1.96. The van der Waals surface area contributed by atoms with E-state index in [2.05, 4.69) is 9.97 Å². The predicted molar refractivity (Wildman–Crippen MR) is 102 cm³/mol. The van der Waals surface area contributed by atoms with Crippen LogP contribution in [0.4, 0.5) is 0 Å². The van der Waals surface area contributed by atoms with Gasteiger partial charge >= 0.3 is 0 Å². The quantitative estimate of drug-likeness (QED) is 0.869. The van der Waals surface area contributed by atoms with E-state index in [4.69, 9.17) is 9.47 Å². The molecule has 1 fully saturated rings. The summed E-state index contributed by atoms with van der Waals surface area (Å²) in [4.78, 5) is 33.6. The van der Waals surface area contributed by atoms with E-state index in [1.807, 2.05) is 23.1 Å². The molecular formula is C20H25N3O4. The van der Waals surface area contributed by atoms with E-state index in [0.717, 1.165) is 23.5 Å². The van der Waals surface area contributed by atoms with Crippen molar-refractivity contribution in [3.63, 3.8) is 0 Å². The van der Waals surface area contributed by atoms with Gasteiger partial charge in [0, 0.05) is 35.8 Å². The van der Waals surface area contributed by atoms with Gasteiger partial charge in [-0.1, -0.05) is 0 Å². The third-order valence-electron chi connectivity index (χ3n) is 5.09. The van der Waals surface area contributed by atoms with Crippen LogP contribution >= 0.6 is 0 Å². The summed E-state index contributed by atoms with van der Waals surface area (Å²) in [6.07, 6.45) is 0.910. The fraction of sp³-hybridized carbons (Fsp3) is 0.450. The maximum absolute atomic E-state index is 12.7. The van der Waals surface area contributed by atoms with Crippen LogP contribution in [0.25, 0.3) is 0 Å². The van der Waals surface area contributed by atoms with Crippen LogP contribution in [0, 0.1) is 13.8 Å². The molecule has 0 aliphatic carbocycles. The normalized spacial score (nSPS) is 16.4. The first-order chi connectivity index (χ1) is 12.9. The molecule has 0 bridgehead atoms. The number of methoxy groups -OCH3 is 2. The molecule has 7 nitrogen and oxygen atoms in total. The van der Waals surface area contributed by atoms with Crippen molar-refractivity contribution in [2.24, 2.45) is 0 Å². The number of aryl methyl sites for hydroxylation is 2. The number of rotatable bonds is 5. The molecule has 0 saturated carbocycles. The Bertz CT molecular complexity index is 907. The van der Waals surface area contributed by atoms with E-state index in [1.165, 1.54) is 0 Å². The van der Waals surface area contributed by atoms with E-state index >= 15 is 0 Å². The first kappa shape index (κ1) is 18.9. The Morgan fingerprint density at radius 1 is 1.30 bits per heavy atom. The van der Waals surface area contributed by atoms with E-state index in [0.29, 0.717) is 30.2 Å². The minimum absolute atomic E-state index is 0.0568. The molecule has 1 saturated heterocycles. The highest BCUT2D eigenvalue weighted by molar-refractivity contribution is 5.79. The molecule has 1 aliphatic heterocycles. The van der Waals surface area contributed by atoms with Crippen LogP contribution in [0.1, 0.15) is 35.0 Å². The highest BCUT2D eigenvalue weighted by Gasteiger charge is 2.30. The summed E-state index contributed by atoms with van der Waals surface area (Å²) in [6.45, 7) is 4.74. The third-order valence-corrected chi connectivity index (χ3v) is 5.09. The number of hydrogen-bond acceptors (Lipinski definition) is 5. The minimum atomic E-state index is -0.237. The van der Waals surface area contributed by atoms with Gasteiger partial charge < -0.3 is 19.4 Å². The molecule has 27 heavy (non-hydrogen) atoms. The molecule has 0 spiro atoms. The summed E-state index contributed by atoms with van der Waals surface area (Å²) in [7, 11) is 3.27. The van der Waals surface area contributed by atoms with Crippen LogP contribution in [0.15, 0.2) is 23.0 Å². The summed E-state index contributed by atoms with van der Waals surface area (Å²) in [5.41, 5.74) is 1.85. The van der Waals surface area contributed by atoms with Gasteiger partial charge in [0.1, 0.15) is 17.3 Å². The van der Waals surface area contributed by atoms with Crippen molar-refractivity contribution in [1.82, 2.24) is 14.9 Å². The molecule has 144 valence electrons. The molecule has 1 aromatic carbocycles. The van der Waals surface area contributed by atoms with Gasteiger partial charge in [-0.05, 0) is 38.5 Å². The Morgan fingerprint density at radius 2 is 2.07 bits per heavy atom. The van der Waals surface area contributed by atoms with Crippen molar-refractivity contribution in [3.8, 4) is 11.5 Å². The van der Waals surface area contributed by atoms with Crippen LogP contribution < -0.4 is 15.0 Å². The van der Waals surface area contributed by atoms with Crippen molar-refractivity contribution < 1.29 is 14.3 Å². The number of carbonyl (C=O) groups excluding carboxylic acids is 1. The summed E-state index contributed by atoms with van der Waals surface area (Å²) in [6, 6.07) is 5.72. The Kier molecular flexibility index (Phi) is 5.48. The molecule has 3 rings (SSSR count). The van der Waals surface area contributed by atoms with E-state index < -0.39 is 0 Å². The van der Waals surface area contributed by atoms with Gasteiger partial charge in [-0.2, -0.15) is 0 Å². The van der Waals surface area contributed by atoms with Gasteiger partial charge in [-0.15, -0.1) is 0 Å². The highest BCUT2D eigenvalue weighted by atomic mass is 16.5. The molecule has 1 atom stereocenters. The first-order valence-electron chi connectivity index (χ1n) is 8.99. The number of ether oxygens (including phenoxy) is 2. The Labute approximate surface area is 158 Å². The van der Waals surface area contributed by atoms with Crippen molar-refractivity contribution in [2.45, 2.75) is 32.6 Å².